The Bertz CT molecular complexity index is 536. The monoisotopic (exact) mass is 325 g/mol. The minimum Gasteiger partial charge on any atom is -0.355 e. The first kappa shape index (κ1) is 18.5. The van der Waals surface area contributed by atoms with E-state index in [1.165, 1.54) is 0 Å². The van der Waals surface area contributed by atoms with Crippen molar-refractivity contribution in [3.8, 4) is 0 Å². The molecule has 6 heteroatoms. The van der Waals surface area contributed by atoms with E-state index in [-0.39, 0.29) is 30.3 Å². The molecule has 1 saturated heterocycles. The molecular weight excluding hydrogens is 302 g/mol. The number of hydrogen-bond donors (Lipinski definition) is 2. The second kappa shape index (κ2) is 8.15. The maximum atomic E-state index is 12.7. The second-order valence-electron chi connectivity index (χ2n) is 5.68. The fourth-order valence-corrected chi connectivity index (χ4v) is 2.85. The molecule has 1 aliphatic heterocycles. The van der Waals surface area contributed by atoms with Gasteiger partial charge in [0.25, 0.3) is 11.8 Å². The van der Waals surface area contributed by atoms with Gasteiger partial charge in [-0.3, -0.25) is 9.59 Å². The fraction of sp³-hybridized carbons (Fsp3) is 0.500. The van der Waals surface area contributed by atoms with E-state index < -0.39 is 0 Å². The molecule has 0 aliphatic carbocycles. The minimum atomic E-state index is -0.188. The second-order valence-corrected chi connectivity index (χ2v) is 5.68. The zero-order valence-corrected chi connectivity index (χ0v) is 13.9. The lowest BCUT2D eigenvalue weighted by Gasteiger charge is -2.38. The van der Waals surface area contributed by atoms with Crippen molar-refractivity contribution in [2.24, 2.45) is 11.7 Å². The molecule has 0 spiro atoms. The van der Waals surface area contributed by atoms with Crippen LogP contribution in [0.25, 0.3) is 0 Å². The minimum absolute atomic E-state index is 0. The molecule has 0 aromatic heterocycles. The highest BCUT2D eigenvalue weighted by molar-refractivity contribution is 5.99. The quantitative estimate of drug-likeness (QED) is 0.887. The Labute approximate surface area is 137 Å². The molecule has 3 N–H and O–H groups in total. The first-order valence-electron chi connectivity index (χ1n) is 7.40. The summed E-state index contributed by atoms with van der Waals surface area (Å²) >= 11 is 0. The molecule has 2 amide bonds. The molecule has 0 radical (unpaired) electrons. The van der Waals surface area contributed by atoms with Crippen molar-refractivity contribution in [3.63, 3.8) is 0 Å². The van der Waals surface area contributed by atoms with Gasteiger partial charge in [-0.1, -0.05) is 13.0 Å². The van der Waals surface area contributed by atoms with E-state index in [2.05, 4.69) is 12.2 Å². The van der Waals surface area contributed by atoms with Crippen LogP contribution in [0.2, 0.25) is 0 Å². The summed E-state index contributed by atoms with van der Waals surface area (Å²) in [5.74, 6) is 0.371. The van der Waals surface area contributed by atoms with E-state index in [9.17, 15) is 9.59 Å². The topological polar surface area (TPSA) is 75.4 Å². The maximum Gasteiger partial charge on any atom is 0.254 e. The zero-order chi connectivity index (χ0) is 15.4. The molecule has 0 saturated carbocycles. The molecule has 2 atom stereocenters. The Balaban J connectivity index is 0.00000242. The van der Waals surface area contributed by atoms with Gasteiger partial charge in [-0.15, -0.1) is 12.4 Å². The summed E-state index contributed by atoms with van der Waals surface area (Å²) < 4.78 is 0. The van der Waals surface area contributed by atoms with Gasteiger partial charge in [0.2, 0.25) is 0 Å². The number of amides is 2. The van der Waals surface area contributed by atoms with Crippen molar-refractivity contribution in [1.29, 1.82) is 0 Å². The van der Waals surface area contributed by atoms with Gasteiger partial charge in [-0.25, -0.2) is 0 Å². The van der Waals surface area contributed by atoms with Crippen molar-refractivity contribution in [2.75, 3.05) is 20.1 Å². The van der Waals surface area contributed by atoms with Crippen molar-refractivity contribution >= 4 is 24.2 Å². The van der Waals surface area contributed by atoms with Crippen molar-refractivity contribution < 1.29 is 9.59 Å². The lowest BCUT2D eigenvalue weighted by molar-refractivity contribution is 0.0573. The molecule has 0 bridgehead atoms. The third-order valence-corrected chi connectivity index (χ3v) is 4.11. The summed E-state index contributed by atoms with van der Waals surface area (Å²) in [6.45, 7) is 3.40. The standard InChI is InChI=1S/C16H23N3O2.ClH/c1-11-6-7-19(14(8-11)10-17)16(21)13-5-3-4-12(9-13)15(20)18-2;/h3-5,9,11,14H,6-8,10,17H2,1-2H3,(H,18,20);1H. The maximum absolute atomic E-state index is 12.7. The van der Waals surface area contributed by atoms with Crippen LogP contribution < -0.4 is 11.1 Å². The summed E-state index contributed by atoms with van der Waals surface area (Å²) in [7, 11) is 1.58. The summed E-state index contributed by atoms with van der Waals surface area (Å²) in [6.07, 6.45) is 1.94. The lowest BCUT2D eigenvalue weighted by atomic mass is 9.91. The van der Waals surface area contributed by atoms with Crippen LogP contribution in [0.3, 0.4) is 0 Å². The van der Waals surface area contributed by atoms with Gasteiger partial charge in [0.1, 0.15) is 0 Å². The van der Waals surface area contributed by atoms with E-state index >= 15 is 0 Å². The molecule has 22 heavy (non-hydrogen) atoms. The van der Waals surface area contributed by atoms with Crippen molar-refractivity contribution in [1.82, 2.24) is 10.2 Å². The van der Waals surface area contributed by atoms with E-state index in [0.717, 1.165) is 19.4 Å². The van der Waals surface area contributed by atoms with Gasteiger partial charge in [0, 0.05) is 37.3 Å². The van der Waals surface area contributed by atoms with Crippen LogP contribution in [-0.2, 0) is 0 Å². The Morgan fingerprint density at radius 2 is 2.05 bits per heavy atom. The number of likely N-dealkylation sites (tertiary alicyclic amines) is 1. The number of benzene rings is 1. The van der Waals surface area contributed by atoms with Gasteiger partial charge in [-0.05, 0) is 37.0 Å². The molecule has 2 rings (SSSR count). The van der Waals surface area contributed by atoms with Crippen LogP contribution in [0.15, 0.2) is 24.3 Å². The molecule has 1 aromatic carbocycles. The van der Waals surface area contributed by atoms with Crippen LogP contribution in [0.1, 0.15) is 40.5 Å². The average Bonchev–Trinajstić information content (AvgIpc) is 2.53. The lowest BCUT2D eigenvalue weighted by Crippen LogP contribution is -2.49. The number of carbonyl (C=O) groups excluding carboxylic acids is 2. The molecule has 1 aromatic rings. The molecule has 1 aliphatic rings. The van der Waals surface area contributed by atoms with Gasteiger partial charge >= 0.3 is 0 Å². The number of piperidine rings is 1. The zero-order valence-electron chi connectivity index (χ0n) is 13.0. The number of nitrogens with one attached hydrogen (secondary N) is 1. The largest absolute Gasteiger partial charge is 0.355 e. The molecule has 1 heterocycles. The summed E-state index contributed by atoms with van der Waals surface area (Å²) in [6, 6.07) is 6.92. The number of halogens is 1. The Kier molecular flexibility index (Phi) is 6.84. The number of nitrogens with zero attached hydrogens (tertiary/aromatic N) is 1. The first-order chi connectivity index (χ1) is 10.1. The molecule has 122 valence electrons. The SMILES string of the molecule is CNC(=O)c1cccc(C(=O)N2CCC(C)CC2CN)c1.Cl. The predicted octanol–water partition coefficient (Wildman–Crippen LogP) is 1.67. The van der Waals surface area contributed by atoms with Crippen LogP contribution >= 0.6 is 12.4 Å². The Morgan fingerprint density at radius 3 is 2.68 bits per heavy atom. The highest BCUT2D eigenvalue weighted by Crippen LogP contribution is 2.23. The molecule has 5 nitrogen and oxygen atoms in total. The van der Waals surface area contributed by atoms with E-state index in [1.807, 2.05) is 4.90 Å². The molecule has 1 fully saturated rings. The van der Waals surface area contributed by atoms with Crippen LogP contribution in [-0.4, -0.2) is 42.9 Å². The average molecular weight is 326 g/mol. The normalized spacial score (nSPS) is 21.0. The fourth-order valence-electron chi connectivity index (χ4n) is 2.85. The number of rotatable bonds is 3. The van der Waals surface area contributed by atoms with E-state index in [4.69, 9.17) is 5.73 Å². The summed E-state index contributed by atoms with van der Waals surface area (Å²) in [5, 5.41) is 2.57. The third-order valence-electron chi connectivity index (χ3n) is 4.11. The smallest absolute Gasteiger partial charge is 0.254 e. The van der Waals surface area contributed by atoms with Crippen LogP contribution in [0, 0.1) is 5.92 Å². The Morgan fingerprint density at radius 1 is 1.36 bits per heavy atom. The van der Waals surface area contributed by atoms with Gasteiger partial charge < -0.3 is 16.0 Å². The number of nitrogens with two attached hydrogens (primary N) is 1. The Hall–Kier alpha value is -1.59. The van der Waals surface area contributed by atoms with E-state index in [1.54, 1.807) is 31.3 Å². The number of hydrogen-bond acceptors (Lipinski definition) is 3. The highest BCUT2D eigenvalue weighted by Gasteiger charge is 2.29. The van der Waals surface area contributed by atoms with Gasteiger partial charge in [0.05, 0.1) is 0 Å². The summed E-state index contributed by atoms with van der Waals surface area (Å²) in [5.41, 5.74) is 6.86. The van der Waals surface area contributed by atoms with E-state index in [0.29, 0.717) is 23.6 Å². The first-order valence-corrected chi connectivity index (χ1v) is 7.40. The predicted molar refractivity (Wildman–Crippen MR) is 89.4 cm³/mol. The van der Waals surface area contributed by atoms with Crippen LogP contribution in [0.5, 0.6) is 0 Å². The molecule has 2 unspecified atom stereocenters. The van der Waals surface area contributed by atoms with Crippen molar-refractivity contribution in [3.05, 3.63) is 35.4 Å². The van der Waals surface area contributed by atoms with Crippen molar-refractivity contribution in [2.45, 2.75) is 25.8 Å². The number of carbonyl (C=O) groups is 2. The molecular formula is C16H24ClN3O2. The van der Waals surface area contributed by atoms with Gasteiger partial charge in [-0.2, -0.15) is 0 Å². The van der Waals surface area contributed by atoms with Gasteiger partial charge in [0.15, 0.2) is 0 Å². The highest BCUT2D eigenvalue weighted by atomic mass is 35.5. The summed E-state index contributed by atoms with van der Waals surface area (Å²) in [4.78, 5) is 26.2. The third kappa shape index (κ3) is 3.99. The van der Waals surface area contributed by atoms with Crippen LogP contribution in [0.4, 0.5) is 0 Å².